The normalized spacial score (nSPS) is 11.1. The topological polar surface area (TPSA) is 105 Å². The van der Waals surface area contributed by atoms with Gasteiger partial charge in [0.1, 0.15) is 11.3 Å². The monoisotopic (exact) mass is 299 g/mol. The summed E-state index contributed by atoms with van der Waals surface area (Å²) in [6, 6.07) is 5.00. The molecule has 3 rings (SSSR count). The van der Waals surface area contributed by atoms with Gasteiger partial charge in [0.2, 0.25) is 0 Å². The maximum atomic E-state index is 12.1. The largest absolute Gasteiger partial charge is 0.481 e. The number of aromatic amines is 1. The molecule has 7 heteroatoms. The van der Waals surface area contributed by atoms with E-state index < -0.39 is 5.97 Å². The zero-order chi connectivity index (χ0) is 15.9. The number of nitrogens with one attached hydrogen (secondary N) is 1. The van der Waals surface area contributed by atoms with Crippen molar-refractivity contribution >= 4 is 28.3 Å². The van der Waals surface area contributed by atoms with Crippen molar-refractivity contribution in [3.05, 3.63) is 46.1 Å². The van der Waals surface area contributed by atoms with Gasteiger partial charge in [-0.2, -0.15) is 0 Å². The fourth-order valence-corrected chi connectivity index (χ4v) is 2.45. The predicted octanol–water partition coefficient (Wildman–Crippen LogP) is 1.40. The van der Waals surface area contributed by atoms with Crippen LogP contribution in [0.25, 0.3) is 16.6 Å². The standard InChI is InChI=1S/C15H13N3O4/c1-8(19)9-2-3-11-10(6-9)17-15(22)12-7-16-13(18(11)12)4-5-14(20)21/h2-3,6-7H,4-5H2,1H3,(H,17,22)(H,20,21). The second-order valence-electron chi connectivity index (χ2n) is 5.03. The Hall–Kier alpha value is -2.96. The summed E-state index contributed by atoms with van der Waals surface area (Å²) in [5, 5.41) is 8.81. The molecule has 7 nitrogen and oxygen atoms in total. The van der Waals surface area contributed by atoms with Crippen molar-refractivity contribution in [1.82, 2.24) is 14.4 Å². The number of carbonyl (C=O) groups excluding carboxylic acids is 1. The van der Waals surface area contributed by atoms with Gasteiger partial charge in [0.05, 0.1) is 23.7 Å². The molecule has 3 aromatic rings. The maximum absolute atomic E-state index is 12.1. The summed E-state index contributed by atoms with van der Waals surface area (Å²) in [4.78, 5) is 41.2. The molecule has 0 radical (unpaired) electrons. The zero-order valence-electron chi connectivity index (χ0n) is 11.8. The van der Waals surface area contributed by atoms with E-state index in [1.54, 1.807) is 22.6 Å². The SMILES string of the molecule is CC(=O)c1ccc2c(c1)[nH]c(=O)c1cnc(CCC(=O)O)n12. The molecule has 0 saturated carbocycles. The lowest BCUT2D eigenvalue weighted by Crippen LogP contribution is -2.12. The molecule has 2 heterocycles. The molecule has 0 saturated heterocycles. The van der Waals surface area contributed by atoms with Gasteiger partial charge < -0.3 is 10.1 Å². The van der Waals surface area contributed by atoms with Gasteiger partial charge in [-0.25, -0.2) is 4.98 Å². The minimum absolute atomic E-state index is 0.0705. The number of benzene rings is 1. The molecule has 22 heavy (non-hydrogen) atoms. The molecule has 0 bridgehead atoms. The number of aryl methyl sites for hydroxylation is 1. The molecule has 0 aliphatic carbocycles. The Kier molecular flexibility index (Phi) is 3.25. The van der Waals surface area contributed by atoms with Crippen LogP contribution >= 0.6 is 0 Å². The van der Waals surface area contributed by atoms with Crippen LogP contribution in [0.2, 0.25) is 0 Å². The number of fused-ring (bicyclic) bond motifs is 3. The van der Waals surface area contributed by atoms with Crippen LogP contribution in [0.5, 0.6) is 0 Å². The van der Waals surface area contributed by atoms with Crippen LogP contribution in [0.4, 0.5) is 0 Å². The van der Waals surface area contributed by atoms with Gasteiger partial charge in [0.15, 0.2) is 5.78 Å². The summed E-state index contributed by atoms with van der Waals surface area (Å²) in [6.45, 7) is 1.45. The average Bonchev–Trinajstić information content (AvgIpc) is 2.89. The maximum Gasteiger partial charge on any atom is 0.303 e. The summed E-state index contributed by atoms with van der Waals surface area (Å²) >= 11 is 0. The van der Waals surface area contributed by atoms with E-state index in [1.165, 1.54) is 13.1 Å². The molecule has 0 unspecified atom stereocenters. The molecule has 1 aromatic carbocycles. The van der Waals surface area contributed by atoms with Crippen molar-refractivity contribution in [1.29, 1.82) is 0 Å². The first-order chi connectivity index (χ1) is 10.5. The highest BCUT2D eigenvalue weighted by atomic mass is 16.4. The predicted molar refractivity (Wildman–Crippen MR) is 79.3 cm³/mol. The molecule has 0 aliphatic heterocycles. The number of aromatic nitrogens is 3. The first-order valence-electron chi connectivity index (χ1n) is 6.72. The first-order valence-corrected chi connectivity index (χ1v) is 6.72. The summed E-state index contributed by atoms with van der Waals surface area (Å²) in [6.07, 6.45) is 1.57. The Morgan fingerprint density at radius 1 is 1.32 bits per heavy atom. The number of nitrogens with zero attached hydrogens (tertiary/aromatic N) is 2. The van der Waals surface area contributed by atoms with E-state index >= 15 is 0 Å². The highest BCUT2D eigenvalue weighted by molar-refractivity contribution is 5.97. The molecule has 0 fully saturated rings. The molecule has 0 amide bonds. The Morgan fingerprint density at radius 2 is 2.09 bits per heavy atom. The second kappa shape index (κ2) is 5.10. The Bertz CT molecular complexity index is 968. The molecule has 2 N–H and O–H groups in total. The Balaban J connectivity index is 2.28. The molecule has 0 aliphatic rings. The van der Waals surface area contributed by atoms with Crippen LogP contribution in [0.15, 0.2) is 29.2 Å². The number of aliphatic carboxylic acids is 1. The van der Waals surface area contributed by atoms with Crippen LogP contribution < -0.4 is 5.56 Å². The van der Waals surface area contributed by atoms with E-state index in [0.717, 1.165) is 0 Å². The summed E-state index contributed by atoms with van der Waals surface area (Å²) in [5.41, 5.74) is 1.71. The minimum atomic E-state index is -0.926. The summed E-state index contributed by atoms with van der Waals surface area (Å²) in [7, 11) is 0. The number of ketones is 1. The van der Waals surface area contributed by atoms with Crippen molar-refractivity contribution in [3.63, 3.8) is 0 Å². The zero-order valence-corrected chi connectivity index (χ0v) is 11.8. The Morgan fingerprint density at radius 3 is 2.77 bits per heavy atom. The molecular formula is C15H13N3O4. The van der Waals surface area contributed by atoms with Gasteiger partial charge in [-0.1, -0.05) is 0 Å². The van der Waals surface area contributed by atoms with Crippen molar-refractivity contribution in [3.8, 4) is 0 Å². The summed E-state index contributed by atoms with van der Waals surface area (Å²) in [5.74, 6) is -0.520. The first kappa shape index (κ1) is 14.0. The molecule has 2 aromatic heterocycles. The third-order valence-electron chi connectivity index (χ3n) is 3.52. The quantitative estimate of drug-likeness (QED) is 0.708. The lowest BCUT2D eigenvalue weighted by Gasteiger charge is -2.06. The molecular weight excluding hydrogens is 286 g/mol. The fourth-order valence-electron chi connectivity index (χ4n) is 2.45. The van der Waals surface area contributed by atoms with Crippen molar-refractivity contribution in [2.75, 3.05) is 0 Å². The van der Waals surface area contributed by atoms with E-state index in [-0.39, 0.29) is 24.2 Å². The van der Waals surface area contributed by atoms with E-state index in [2.05, 4.69) is 9.97 Å². The van der Waals surface area contributed by atoms with Gasteiger partial charge in [-0.05, 0) is 25.1 Å². The van der Waals surface area contributed by atoms with Crippen molar-refractivity contribution < 1.29 is 14.7 Å². The van der Waals surface area contributed by atoms with E-state index in [0.29, 0.717) is 27.9 Å². The number of H-pyrrole nitrogens is 1. The minimum Gasteiger partial charge on any atom is -0.481 e. The van der Waals surface area contributed by atoms with E-state index in [1.807, 2.05) is 0 Å². The number of carboxylic acids is 1. The van der Waals surface area contributed by atoms with Gasteiger partial charge in [-0.15, -0.1) is 0 Å². The number of imidazole rings is 1. The van der Waals surface area contributed by atoms with Gasteiger partial charge in [0, 0.05) is 12.0 Å². The molecule has 0 atom stereocenters. The number of carboxylic acid groups (broad SMARTS) is 1. The second-order valence-corrected chi connectivity index (χ2v) is 5.03. The smallest absolute Gasteiger partial charge is 0.303 e. The van der Waals surface area contributed by atoms with Gasteiger partial charge >= 0.3 is 5.97 Å². The van der Waals surface area contributed by atoms with Crippen LogP contribution in [0.1, 0.15) is 29.5 Å². The average molecular weight is 299 g/mol. The number of hydrogen-bond donors (Lipinski definition) is 2. The number of Topliss-reactive ketones (excluding diaryl/α,β-unsaturated/α-hetero) is 1. The highest BCUT2D eigenvalue weighted by Crippen LogP contribution is 2.17. The van der Waals surface area contributed by atoms with Crippen LogP contribution in [0, 0.1) is 0 Å². The van der Waals surface area contributed by atoms with Gasteiger partial charge in [0.25, 0.3) is 5.56 Å². The highest BCUT2D eigenvalue weighted by Gasteiger charge is 2.13. The lowest BCUT2D eigenvalue weighted by molar-refractivity contribution is -0.137. The number of carbonyl (C=O) groups is 2. The van der Waals surface area contributed by atoms with Gasteiger partial charge in [-0.3, -0.25) is 18.8 Å². The Labute approximate surface area is 124 Å². The number of rotatable bonds is 4. The van der Waals surface area contributed by atoms with E-state index in [9.17, 15) is 14.4 Å². The third kappa shape index (κ3) is 2.26. The summed E-state index contributed by atoms with van der Waals surface area (Å²) < 4.78 is 1.64. The van der Waals surface area contributed by atoms with E-state index in [4.69, 9.17) is 5.11 Å². The molecule has 112 valence electrons. The van der Waals surface area contributed by atoms with Crippen LogP contribution in [-0.2, 0) is 11.2 Å². The van der Waals surface area contributed by atoms with Crippen molar-refractivity contribution in [2.45, 2.75) is 19.8 Å². The fraction of sp³-hybridized carbons (Fsp3) is 0.200. The lowest BCUT2D eigenvalue weighted by atomic mass is 10.1. The third-order valence-corrected chi connectivity index (χ3v) is 3.52. The number of hydrogen-bond acceptors (Lipinski definition) is 4. The van der Waals surface area contributed by atoms with Crippen LogP contribution in [-0.4, -0.2) is 31.2 Å². The van der Waals surface area contributed by atoms with Crippen LogP contribution in [0.3, 0.4) is 0 Å². The van der Waals surface area contributed by atoms with Crippen molar-refractivity contribution in [2.24, 2.45) is 0 Å². The molecule has 0 spiro atoms.